The van der Waals surface area contributed by atoms with Gasteiger partial charge in [-0.05, 0) is 31.0 Å². The molecule has 15 heavy (non-hydrogen) atoms. The highest BCUT2D eigenvalue weighted by Crippen LogP contribution is 2.18. The molecule has 0 N–H and O–H groups in total. The highest BCUT2D eigenvalue weighted by molar-refractivity contribution is 5.53. The van der Waals surface area contributed by atoms with Crippen molar-refractivity contribution >= 4 is 0 Å². The Labute approximate surface area is 88.6 Å². The van der Waals surface area contributed by atoms with Crippen molar-refractivity contribution in [2.45, 2.75) is 13.8 Å². The number of nitriles is 1. The predicted octanol–water partition coefficient (Wildman–Crippen LogP) is 2.36. The topological polar surface area (TPSA) is 41.6 Å². The Balaban J connectivity index is 2.67. The van der Waals surface area contributed by atoms with Crippen LogP contribution in [0.3, 0.4) is 0 Å². The number of rotatable bonds is 1. The summed E-state index contributed by atoms with van der Waals surface area (Å²) in [5.74, 6) is 0. The first-order chi connectivity index (χ1) is 7.22. The van der Waals surface area contributed by atoms with Crippen molar-refractivity contribution in [2.24, 2.45) is 0 Å². The maximum atomic E-state index is 9.02. The highest BCUT2D eigenvalue weighted by Gasteiger charge is 2.07. The molecule has 74 valence electrons. The van der Waals surface area contributed by atoms with Gasteiger partial charge in [0.15, 0.2) is 0 Å². The predicted molar refractivity (Wildman–Crippen MR) is 57.8 cm³/mol. The molecule has 1 aromatic heterocycles. The molecular formula is C12H11N3. The molecule has 0 aliphatic carbocycles. The van der Waals surface area contributed by atoms with Crippen LogP contribution in [0.2, 0.25) is 0 Å². The van der Waals surface area contributed by atoms with Crippen LogP contribution >= 0.6 is 0 Å². The van der Waals surface area contributed by atoms with Gasteiger partial charge in [-0.2, -0.15) is 10.4 Å². The van der Waals surface area contributed by atoms with E-state index < -0.39 is 0 Å². The Bertz CT molecular complexity index is 532. The van der Waals surface area contributed by atoms with Gasteiger partial charge >= 0.3 is 0 Å². The van der Waals surface area contributed by atoms with Crippen LogP contribution in [0.25, 0.3) is 5.69 Å². The minimum atomic E-state index is 0.651. The van der Waals surface area contributed by atoms with Crippen LogP contribution < -0.4 is 0 Å². The zero-order chi connectivity index (χ0) is 10.8. The Morgan fingerprint density at radius 1 is 1.33 bits per heavy atom. The molecule has 1 aromatic carbocycles. The minimum Gasteiger partial charge on any atom is -0.239 e. The van der Waals surface area contributed by atoms with Gasteiger partial charge in [-0.25, -0.2) is 4.68 Å². The normalized spacial score (nSPS) is 9.93. The molecular weight excluding hydrogens is 186 g/mol. The van der Waals surface area contributed by atoms with Crippen molar-refractivity contribution in [2.75, 3.05) is 0 Å². The molecule has 0 spiro atoms. The maximum Gasteiger partial charge on any atom is 0.101 e. The van der Waals surface area contributed by atoms with E-state index in [1.165, 1.54) is 0 Å². The highest BCUT2D eigenvalue weighted by atomic mass is 15.3. The number of aryl methyl sites for hydroxylation is 2. The number of hydrogen-bond acceptors (Lipinski definition) is 2. The second-order valence-corrected chi connectivity index (χ2v) is 3.55. The molecule has 2 aromatic rings. The van der Waals surface area contributed by atoms with E-state index in [1.54, 1.807) is 16.9 Å². The molecule has 2 rings (SSSR count). The summed E-state index contributed by atoms with van der Waals surface area (Å²) in [5, 5.41) is 13.2. The lowest BCUT2D eigenvalue weighted by molar-refractivity contribution is 0.869. The zero-order valence-electron chi connectivity index (χ0n) is 8.73. The number of hydrogen-bond donors (Lipinski definition) is 0. The maximum absolute atomic E-state index is 9.02. The molecule has 0 radical (unpaired) electrons. The number of para-hydroxylation sites is 1. The van der Waals surface area contributed by atoms with E-state index in [0.717, 1.165) is 16.8 Å². The number of nitrogens with zero attached hydrogens (tertiary/aromatic N) is 3. The van der Waals surface area contributed by atoms with Crippen molar-refractivity contribution in [3.8, 4) is 11.8 Å². The van der Waals surface area contributed by atoms with Crippen molar-refractivity contribution in [3.05, 3.63) is 47.3 Å². The molecule has 3 nitrogen and oxygen atoms in total. The van der Waals surface area contributed by atoms with Crippen LogP contribution in [0, 0.1) is 25.2 Å². The van der Waals surface area contributed by atoms with Gasteiger partial charge in [0.2, 0.25) is 0 Å². The molecule has 0 fully saturated rings. The van der Waals surface area contributed by atoms with Crippen LogP contribution in [0.15, 0.2) is 30.6 Å². The van der Waals surface area contributed by atoms with Gasteiger partial charge in [-0.3, -0.25) is 0 Å². The third-order valence-electron chi connectivity index (χ3n) is 2.30. The van der Waals surface area contributed by atoms with Crippen LogP contribution in [0.5, 0.6) is 0 Å². The Hall–Kier alpha value is -2.08. The molecule has 0 unspecified atom stereocenters. The fraction of sp³-hybridized carbons (Fsp3) is 0.167. The van der Waals surface area contributed by atoms with Gasteiger partial charge in [0, 0.05) is 6.20 Å². The van der Waals surface area contributed by atoms with Gasteiger partial charge in [0.25, 0.3) is 0 Å². The summed E-state index contributed by atoms with van der Waals surface area (Å²) in [7, 11) is 0. The summed E-state index contributed by atoms with van der Waals surface area (Å²) in [6, 6.07) is 7.85. The lowest BCUT2D eigenvalue weighted by Gasteiger charge is -2.07. The molecule has 0 atom stereocenters. The van der Waals surface area contributed by atoms with E-state index in [1.807, 2.05) is 32.2 Å². The Kier molecular flexibility index (Phi) is 2.26. The fourth-order valence-electron chi connectivity index (χ4n) is 1.59. The summed E-state index contributed by atoms with van der Waals surface area (Å²) in [5.41, 5.74) is 3.66. The third-order valence-corrected chi connectivity index (χ3v) is 2.30. The van der Waals surface area contributed by atoms with Crippen molar-refractivity contribution in [1.82, 2.24) is 9.78 Å². The molecule has 0 aliphatic rings. The summed E-state index contributed by atoms with van der Waals surface area (Å²) in [6.45, 7) is 3.96. The Morgan fingerprint density at radius 2 is 2.13 bits per heavy atom. The third kappa shape index (κ3) is 1.62. The monoisotopic (exact) mass is 197 g/mol. The standard InChI is InChI=1S/C12H11N3/c1-9-7-14-15(8-9)12-10(2)4-3-5-11(12)6-13/h3-5,7-8H,1-2H3. The van der Waals surface area contributed by atoms with Gasteiger partial charge in [-0.1, -0.05) is 12.1 Å². The molecule has 3 heteroatoms. The second kappa shape index (κ2) is 3.58. The number of aromatic nitrogens is 2. The first kappa shape index (κ1) is 9.47. The van der Waals surface area contributed by atoms with E-state index in [4.69, 9.17) is 5.26 Å². The van der Waals surface area contributed by atoms with E-state index in [2.05, 4.69) is 11.2 Å². The fourth-order valence-corrected chi connectivity index (χ4v) is 1.59. The zero-order valence-corrected chi connectivity index (χ0v) is 8.73. The summed E-state index contributed by atoms with van der Waals surface area (Å²) in [4.78, 5) is 0. The van der Waals surface area contributed by atoms with E-state index in [9.17, 15) is 0 Å². The summed E-state index contributed by atoms with van der Waals surface area (Å²) < 4.78 is 1.75. The first-order valence-electron chi connectivity index (χ1n) is 4.73. The van der Waals surface area contributed by atoms with E-state index >= 15 is 0 Å². The van der Waals surface area contributed by atoms with Crippen LogP contribution in [0.1, 0.15) is 16.7 Å². The van der Waals surface area contributed by atoms with Crippen molar-refractivity contribution in [1.29, 1.82) is 5.26 Å². The van der Waals surface area contributed by atoms with Gasteiger partial charge < -0.3 is 0 Å². The summed E-state index contributed by atoms with van der Waals surface area (Å²) in [6.07, 6.45) is 3.71. The SMILES string of the molecule is Cc1cnn(-c2c(C)cccc2C#N)c1. The number of benzene rings is 1. The van der Waals surface area contributed by atoms with Crippen LogP contribution in [0.4, 0.5) is 0 Å². The van der Waals surface area contributed by atoms with Crippen LogP contribution in [-0.2, 0) is 0 Å². The molecule has 0 bridgehead atoms. The molecule has 0 saturated carbocycles. The minimum absolute atomic E-state index is 0.651. The molecule has 0 saturated heterocycles. The molecule has 0 amide bonds. The summed E-state index contributed by atoms with van der Waals surface area (Å²) >= 11 is 0. The average Bonchev–Trinajstić information content (AvgIpc) is 2.64. The quantitative estimate of drug-likeness (QED) is 0.704. The van der Waals surface area contributed by atoms with Crippen molar-refractivity contribution < 1.29 is 0 Å². The average molecular weight is 197 g/mol. The first-order valence-corrected chi connectivity index (χ1v) is 4.73. The second-order valence-electron chi connectivity index (χ2n) is 3.55. The largest absolute Gasteiger partial charge is 0.239 e. The van der Waals surface area contributed by atoms with Gasteiger partial charge in [0.1, 0.15) is 6.07 Å². The smallest absolute Gasteiger partial charge is 0.101 e. The lowest BCUT2D eigenvalue weighted by atomic mass is 10.1. The van der Waals surface area contributed by atoms with Gasteiger partial charge in [-0.15, -0.1) is 0 Å². The van der Waals surface area contributed by atoms with E-state index in [0.29, 0.717) is 5.56 Å². The van der Waals surface area contributed by atoms with Gasteiger partial charge in [0.05, 0.1) is 17.4 Å². The Morgan fingerprint density at radius 3 is 2.73 bits per heavy atom. The van der Waals surface area contributed by atoms with Crippen molar-refractivity contribution in [3.63, 3.8) is 0 Å². The van der Waals surface area contributed by atoms with E-state index in [-0.39, 0.29) is 0 Å². The molecule has 0 aliphatic heterocycles. The van der Waals surface area contributed by atoms with Crippen LogP contribution in [-0.4, -0.2) is 9.78 Å². The lowest BCUT2D eigenvalue weighted by Crippen LogP contribution is -2.00. The molecule has 1 heterocycles.